The van der Waals surface area contributed by atoms with Crippen LogP contribution in [0.25, 0.3) is 0 Å². The largest absolute Gasteiger partial charge is 0.478 e. The molecule has 1 aromatic rings. The summed E-state index contributed by atoms with van der Waals surface area (Å²) in [4.78, 5) is 16.0. The highest BCUT2D eigenvalue weighted by Gasteiger charge is 2.29. The number of thioether (sulfide) groups is 1. The van der Waals surface area contributed by atoms with E-state index >= 15 is 0 Å². The Labute approximate surface area is 133 Å². The van der Waals surface area contributed by atoms with Gasteiger partial charge in [0.15, 0.2) is 5.17 Å². The third-order valence-corrected chi connectivity index (χ3v) is 4.34. The van der Waals surface area contributed by atoms with Gasteiger partial charge in [-0.15, -0.1) is 0 Å². The van der Waals surface area contributed by atoms with Gasteiger partial charge in [-0.05, 0) is 31.0 Å². The van der Waals surface area contributed by atoms with Gasteiger partial charge in [-0.25, -0.2) is 14.2 Å². The number of allylic oxidation sites excluding steroid dienone is 1. The lowest BCUT2D eigenvalue weighted by atomic mass is 9.97. The van der Waals surface area contributed by atoms with E-state index in [0.29, 0.717) is 16.4 Å². The van der Waals surface area contributed by atoms with E-state index in [0.717, 1.165) is 18.6 Å². The Kier molecular flexibility index (Phi) is 5.60. The summed E-state index contributed by atoms with van der Waals surface area (Å²) in [5.41, 5.74) is 1.45. The molecule has 0 aromatic heterocycles. The first kappa shape index (κ1) is 16.5. The van der Waals surface area contributed by atoms with Gasteiger partial charge in [0.05, 0.1) is 5.57 Å². The minimum Gasteiger partial charge on any atom is -0.478 e. The molecule has 1 aromatic carbocycles. The third-order valence-electron chi connectivity index (χ3n) is 3.37. The van der Waals surface area contributed by atoms with Gasteiger partial charge in [-0.2, -0.15) is 0 Å². The van der Waals surface area contributed by atoms with Crippen molar-refractivity contribution in [3.8, 4) is 0 Å². The lowest BCUT2D eigenvalue weighted by Gasteiger charge is -2.24. The second-order valence-corrected chi connectivity index (χ2v) is 6.14. The van der Waals surface area contributed by atoms with Crippen LogP contribution in [0.3, 0.4) is 0 Å². The number of carboxylic acids is 1. The van der Waals surface area contributed by atoms with Crippen molar-refractivity contribution in [3.63, 3.8) is 0 Å². The quantitative estimate of drug-likeness (QED) is 0.811. The number of carbonyl (C=O) groups is 1. The van der Waals surface area contributed by atoms with Crippen molar-refractivity contribution >= 4 is 22.9 Å². The zero-order chi connectivity index (χ0) is 16.1. The molecule has 1 aliphatic heterocycles. The molecule has 2 rings (SSSR count). The summed E-state index contributed by atoms with van der Waals surface area (Å²) < 4.78 is 13.1. The average molecular weight is 322 g/mol. The van der Waals surface area contributed by atoms with E-state index in [1.807, 2.05) is 0 Å². The molecule has 0 saturated heterocycles. The lowest BCUT2D eigenvalue weighted by molar-refractivity contribution is -0.133. The number of nitrogens with one attached hydrogen (secondary N) is 1. The number of carboxylic acid groups (broad SMARTS) is 1. The SMILES string of the molecule is CCCCSC1=NC(c2ccc(F)cc2)C(C(=O)O)=C(C)N1. The fraction of sp³-hybridized carbons (Fsp3) is 0.375. The van der Waals surface area contributed by atoms with Gasteiger partial charge in [-0.1, -0.05) is 37.2 Å². The molecule has 22 heavy (non-hydrogen) atoms. The Hall–Kier alpha value is -1.82. The summed E-state index contributed by atoms with van der Waals surface area (Å²) >= 11 is 1.58. The van der Waals surface area contributed by atoms with Crippen LogP contribution < -0.4 is 5.32 Å². The number of benzene rings is 1. The van der Waals surface area contributed by atoms with E-state index in [2.05, 4.69) is 17.2 Å². The van der Waals surface area contributed by atoms with Crippen LogP contribution in [0, 0.1) is 5.82 Å². The van der Waals surface area contributed by atoms with E-state index in [1.54, 1.807) is 30.8 Å². The van der Waals surface area contributed by atoms with Crippen molar-refractivity contribution in [2.24, 2.45) is 4.99 Å². The molecule has 0 fully saturated rings. The highest BCUT2D eigenvalue weighted by atomic mass is 32.2. The zero-order valence-electron chi connectivity index (χ0n) is 12.6. The first-order valence-electron chi connectivity index (χ1n) is 7.20. The minimum atomic E-state index is -1.01. The maximum absolute atomic E-state index is 13.1. The summed E-state index contributed by atoms with van der Waals surface area (Å²) in [5, 5.41) is 13.2. The molecular formula is C16H19FN2O2S. The van der Waals surface area contributed by atoms with E-state index in [1.165, 1.54) is 12.1 Å². The number of hydrogen-bond acceptors (Lipinski definition) is 4. The first-order valence-corrected chi connectivity index (χ1v) is 8.18. The first-order chi connectivity index (χ1) is 10.5. The molecule has 2 N–H and O–H groups in total. The molecule has 6 heteroatoms. The lowest BCUT2D eigenvalue weighted by Crippen LogP contribution is -2.29. The highest BCUT2D eigenvalue weighted by molar-refractivity contribution is 8.13. The molecule has 0 amide bonds. The van der Waals surface area contributed by atoms with Gasteiger partial charge in [0.1, 0.15) is 11.9 Å². The number of unbranched alkanes of at least 4 members (excludes halogenated alkanes) is 1. The Morgan fingerprint density at radius 3 is 2.68 bits per heavy atom. The molecule has 0 bridgehead atoms. The summed E-state index contributed by atoms with van der Waals surface area (Å²) in [6.45, 7) is 3.85. The predicted molar refractivity (Wildman–Crippen MR) is 87.4 cm³/mol. The van der Waals surface area contributed by atoms with Gasteiger partial charge in [-0.3, -0.25) is 0 Å². The number of rotatable bonds is 5. The number of hydrogen-bond donors (Lipinski definition) is 2. The van der Waals surface area contributed by atoms with Crippen LogP contribution in [0.15, 0.2) is 40.5 Å². The van der Waals surface area contributed by atoms with Crippen LogP contribution in [0.5, 0.6) is 0 Å². The molecule has 0 aliphatic carbocycles. The molecule has 1 heterocycles. The van der Waals surface area contributed by atoms with Gasteiger partial charge >= 0.3 is 5.97 Å². The number of nitrogens with zero attached hydrogens (tertiary/aromatic N) is 1. The predicted octanol–water partition coefficient (Wildman–Crippen LogP) is 3.72. The van der Waals surface area contributed by atoms with Crippen LogP contribution in [-0.4, -0.2) is 22.0 Å². The number of aliphatic imine (C=N–C) groups is 1. The Bertz CT molecular complexity index is 611. The van der Waals surface area contributed by atoms with Gasteiger partial charge in [0.25, 0.3) is 0 Å². The summed E-state index contributed by atoms with van der Waals surface area (Å²) in [6.07, 6.45) is 2.16. The van der Waals surface area contributed by atoms with Crippen molar-refractivity contribution in [3.05, 3.63) is 46.9 Å². The average Bonchev–Trinajstić information content (AvgIpc) is 2.47. The standard InChI is InChI=1S/C16H19FN2O2S/c1-3-4-9-22-16-18-10(2)13(15(20)21)14(19-16)11-5-7-12(17)8-6-11/h5-8,14H,3-4,9H2,1-2H3,(H,18,19)(H,20,21). The van der Waals surface area contributed by atoms with Crippen LogP contribution >= 0.6 is 11.8 Å². The third kappa shape index (κ3) is 3.88. The fourth-order valence-electron chi connectivity index (χ4n) is 2.20. The number of aliphatic carboxylic acids is 1. The molecule has 4 nitrogen and oxygen atoms in total. The summed E-state index contributed by atoms with van der Waals surface area (Å²) in [5.74, 6) is -0.439. The van der Waals surface area contributed by atoms with Crippen LogP contribution in [-0.2, 0) is 4.79 Å². The van der Waals surface area contributed by atoms with Gasteiger partial charge < -0.3 is 10.4 Å². The van der Waals surface area contributed by atoms with E-state index in [9.17, 15) is 14.3 Å². The van der Waals surface area contributed by atoms with Crippen LogP contribution in [0.4, 0.5) is 4.39 Å². The maximum Gasteiger partial charge on any atom is 0.335 e. The maximum atomic E-state index is 13.1. The second kappa shape index (κ2) is 7.45. The molecule has 0 radical (unpaired) electrons. The van der Waals surface area contributed by atoms with Crippen molar-refractivity contribution in [2.75, 3.05) is 5.75 Å². The monoisotopic (exact) mass is 322 g/mol. The normalized spacial score (nSPS) is 18.0. The topological polar surface area (TPSA) is 61.7 Å². The van der Waals surface area contributed by atoms with Crippen molar-refractivity contribution in [1.82, 2.24) is 5.32 Å². The second-order valence-electron chi connectivity index (χ2n) is 5.06. The Morgan fingerprint density at radius 1 is 1.41 bits per heavy atom. The minimum absolute atomic E-state index is 0.200. The Balaban J connectivity index is 2.31. The molecule has 0 saturated carbocycles. The fourth-order valence-corrected chi connectivity index (χ4v) is 3.23. The summed E-state index contributed by atoms with van der Waals surface area (Å²) in [7, 11) is 0. The van der Waals surface area contributed by atoms with Crippen molar-refractivity contribution in [2.45, 2.75) is 32.7 Å². The molecule has 1 unspecified atom stereocenters. The Morgan fingerprint density at radius 2 is 2.09 bits per heavy atom. The van der Waals surface area contributed by atoms with Gasteiger partial charge in [0, 0.05) is 11.4 Å². The van der Waals surface area contributed by atoms with Crippen molar-refractivity contribution < 1.29 is 14.3 Å². The molecular weight excluding hydrogens is 303 g/mol. The summed E-state index contributed by atoms with van der Waals surface area (Å²) in [6, 6.07) is 5.21. The van der Waals surface area contributed by atoms with E-state index in [-0.39, 0.29) is 11.4 Å². The highest BCUT2D eigenvalue weighted by Crippen LogP contribution is 2.32. The molecule has 0 spiro atoms. The molecule has 1 aliphatic rings. The molecule has 118 valence electrons. The van der Waals surface area contributed by atoms with E-state index in [4.69, 9.17) is 0 Å². The molecule has 1 atom stereocenters. The van der Waals surface area contributed by atoms with Gasteiger partial charge in [0.2, 0.25) is 0 Å². The number of amidine groups is 1. The van der Waals surface area contributed by atoms with Crippen molar-refractivity contribution in [1.29, 1.82) is 0 Å². The van der Waals surface area contributed by atoms with Crippen LogP contribution in [0.1, 0.15) is 38.3 Å². The smallest absolute Gasteiger partial charge is 0.335 e. The zero-order valence-corrected chi connectivity index (χ0v) is 13.4. The van der Waals surface area contributed by atoms with E-state index < -0.39 is 12.0 Å². The van der Waals surface area contributed by atoms with Crippen LogP contribution in [0.2, 0.25) is 0 Å². The number of halogens is 1.